The number of aromatic nitrogens is 3. The highest BCUT2D eigenvalue weighted by molar-refractivity contribution is 5.98. The smallest absolute Gasteiger partial charge is 0.270 e. The van der Waals surface area contributed by atoms with E-state index in [1.807, 2.05) is 66.3 Å². The van der Waals surface area contributed by atoms with Crippen molar-refractivity contribution in [3.05, 3.63) is 84.1 Å². The van der Waals surface area contributed by atoms with Crippen LogP contribution in [0.25, 0.3) is 10.8 Å². The number of pyridine rings is 1. The Morgan fingerprint density at radius 1 is 1.07 bits per heavy atom. The lowest BCUT2D eigenvalue weighted by atomic mass is 10.0. The van der Waals surface area contributed by atoms with Crippen LogP contribution in [0.15, 0.2) is 67.0 Å². The number of rotatable bonds is 6. The molecule has 0 aliphatic rings. The van der Waals surface area contributed by atoms with E-state index in [0.29, 0.717) is 17.5 Å². The zero-order valence-corrected chi connectivity index (χ0v) is 17.0. The minimum Gasteiger partial charge on any atom is -0.497 e. The molecule has 4 rings (SSSR count). The Kier molecular flexibility index (Phi) is 5.34. The molecular formula is C23H22N4O3. The second-order valence-corrected chi connectivity index (χ2v) is 6.82. The Labute approximate surface area is 174 Å². The van der Waals surface area contributed by atoms with E-state index in [2.05, 4.69) is 15.3 Å². The highest BCUT2D eigenvalue weighted by Crippen LogP contribution is 2.27. The molecule has 0 spiro atoms. The van der Waals surface area contributed by atoms with Crippen LogP contribution in [0.1, 0.15) is 27.9 Å². The first-order valence-electron chi connectivity index (χ1n) is 9.46. The van der Waals surface area contributed by atoms with E-state index < -0.39 is 6.04 Å². The van der Waals surface area contributed by atoms with Gasteiger partial charge in [0.05, 0.1) is 14.2 Å². The highest BCUT2D eigenvalue weighted by Gasteiger charge is 2.23. The summed E-state index contributed by atoms with van der Waals surface area (Å²) >= 11 is 0. The van der Waals surface area contributed by atoms with E-state index in [1.165, 1.54) is 0 Å². The quantitative estimate of drug-likeness (QED) is 0.534. The van der Waals surface area contributed by atoms with Crippen LogP contribution < -0.4 is 14.8 Å². The average Bonchev–Trinajstić information content (AvgIpc) is 3.21. The summed E-state index contributed by atoms with van der Waals surface area (Å²) in [5.41, 5.74) is 1.12. The van der Waals surface area contributed by atoms with Gasteiger partial charge in [-0.25, -0.2) is 9.97 Å². The number of carbonyl (C=O) groups is 1. The Balaban J connectivity index is 1.74. The van der Waals surface area contributed by atoms with Gasteiger partial charge >= 0.3 is 0 Å². The molecule has 0 saturated carbocycles. The van der Waals surface area contributed by atoms with Crippen molar-refractivity contribution in [2.45, 2.75) is 6.04 Å². The lowest BCUT2D eigenvalue weighted by Crippen LogP contribution is -2.31. The van der Waals surface area contributed by atoms with Gasteiger partial charge in [0.2, 0.25) is 5.88 Å². The third kappa shape index (κ3) is 3.69. The first-order valence-corrected chi connectivity index (χ1v) is 9.46. The number of nitrogens with one attached hydrogen (secondary N) is 1. The molecule has 1 unspecified atom stereocenters. The number of fused-ring (bicyclic) bond motifs is 1. The summed E-state index contributed by atoms with van der Waals surface area (Å²) in [5.74, 6) is 1.49. The van der Waals surface area contributed by atoms with Gasteiger partial charge in [0, 0.05) is 24.8 Å². The van der Waals surface area contributed by atoms with Crippen molar-refractivity contribution in [1.82, 2.24) is 19.9 Å². The molecule has 152 valence electrons. The normalized spacial score (nSPS) is 11.8. The van der Waals surface area contributed by atoms with Gasteiger partial charge in [0.1, 0.15) is 23.3 Å². The lowest BCUT2D eigenvalue weighted by Gasteiger charge is -2.20. The average molecular weight is 402 g/mol. The van der Waals surface area contributed by atoms with Crippen LogP contribution in [0.3, 0.4) is 0 Å². The molecule has 2 aromatic heterocycles. The van der Waals surface area contributed by atoms with Gasteiger partial charge < -0.3 is 19.4 Å². The van der Waals surface area contributed by atoms with Crippen LogP contribution in [-0.4, -0.2) is 34.7 Å². The van der Waals surface area contributed by atoms with Crippen LogP contribution >= 0.6 is 0 Å². The van der Waals surface area contributed by atoms with E-state index in [9.17, 15) is 4.79 Å². The number of carbonyl (C=O) groups excluding carboxylic acids is 1. The van der Waals surface area contributed by atoms with Gasteiger partial charge in [-0.3, -0.25) is 4.79 Å². The van der Waals surface area contributed by atoms with Gasteiger partial charge in [0.25, 0.3) is 5.91 Å². The fraction of sp³-hybridized carbons (Fsp3) is 0.174. The fourth-order valence-electron chi connectivity index (χ4n) is 3.42. The van der Waals surface area contributed by atoms with Gasteiger partial charge in [-0.05, 0) is 35.2 Å². The summed E-state index contributed by atoms with van der Waals surface area (Å²) in [6, 6.07) is 16.5. The Morgan fingerprint density at radius 3 is 2.63 bits per heavy atom. The molecule has 7 nitrogen and oxygen atoms in total. The van der Waals surface area contributed by atoms with Crippen molar-refractivity contribution in [2.75, 3.05) is 14.2 Å². The number of methoxy groups -OCH3 is 2. The van der Waals surface area contributed by atoms with Crippen molar-refractivity contribution in [1.29, 1.82) is 0 Å². The van der Waals surface area contributed by atoms with Crippen molar-refractivity contribution in [3.63, 3.8) is 0 Å². The van der Waals surface area contributed by atoms with Gasteiger partial charge in [-0.2, -0.15) is 0 Å². The number of ether oxygens (including phenoxy) is 2. The standard InChI is InChI=1S/C23H22N4O3/c1-27-12-11-24-21(27)20(16-8-6-9-17(13-16)29-2)26-22(28)19-14-15-7-4-5-10-18(15)23(25-19)30-3/h4-14,20H,1-3H3,(H,26,28). The third-order valence-electron chi connectivity index (χ3n) is 4.95. The van der Waals surface area contributed by atoms with Gasteiger partial charge in [-0.15, -0.1) is 0 Å². The van der Waals surface area contributed by atoms with E-state index in [0.717, 1.165) is 16.3 Å². The first-order chi connectivity index (χ1) is 14.6. The van der Waals surface area contributed by atoms with Crippen molar-refractivity contribution >= 4 is 16.7 Å². The van der Waals surface area contributed by atoms with E-state index in [4.69, 9.17) is 9.47 Å². The predicted octanol–water partition coefficient (Wildman–Crippen LogP) is 3.50. The molecule has 0 bridgehead atoms. The molecule has 30 heavy (non-hydrogen) atoms. The molecule has 0 saturated heterocycles. The molecule has 0 aliphatic carbocycles. The number of hydrogen-bond acceptors (Lipinski definition) is 5. The summed E-state index contributed by atoms with van der Waals surface area (Å²) in [7, 11) is 5.04. The maximum Gasteiger partial charge on any atom is 0.270 e. The zero-order chi connectivity index (χ0) is 21.1. The van der Waals surface area contributed by atoms with E-state index in [1.54, 1.807) is 26.5 Å². The number of benzene rings is 2. The van der Waals surface area contributed by atoms with Gasteiger partial charge in [-0.1, -0.05) is 30.3 Å². The number of hydrogen-bond donors (Lipinski definition) is 1. The maximum atomic E-state index is 13.2. The molecule has 2 aromatic carbocycles. The van der Waals surface area contributed by atoms with Crippen LogP contribution in [0.2, 0.25) is 0 Å². The highest BCUT2D eigenvalue weighted by atomic mass is 16.5. The van der Waals surface area contributed by atoms with E-state index in [-0.39, 0.29) is 11.6 Å². The monoisotopic (exact) mass is 402 g/mol. The number of nitrogens with zero attached hydrogens (tertiary/aromatic N) is 3. The molecule has 7 heteroatoms. The van der Waals surface area contributed by atoms with Crippen LogP contribution in [0.4, 0.5) is 0 Å². The lowest BCUT2D eigenvalue weighted by molar-refractivity contribution is 0.0935. The molecule has 2 heterocycles. The SMILES string of the molecule is COc1cccc(C(NC(=O)c2cc3ccccc3c(OC)n2)c2nccn2C)c1. The predicted molar refractivity (Wildman–Crippen MR) is 114 cm³/mol. The van der Waals surface area contributed by atoms with E-state index >= 15 is 0 Å². The summed E-state index contributed by atoms with van der Waals surface area (Å²) in [6.07, 6.45) is 3.54. The molecule has 0 fully saturated rings. The minimum absolute atomic E-state index is 0.271. The Morgan fingerprint density at radius 2 is 1.90 bits per heavy atom. The topological polar surface area (TPSA) is 78.3 Å². The summed E-state index contributed by atoms with van der Waals surface area (Å²) in [6.45, 7) is 0. The molecule has 4 aromatic rings. The van der Waals surface area contributed by atoms with Crippen molar-refractivity contribution in [2.24, 2.45) is 7.05 Å². The molecule has 1 atom stereocenters. The molecule has 1 amide bonds. The largest absolute Gasteiger partial charge is 0.497 e. The number of imidazole rings is 1. The number of amides is 1. The third-order valence-corrected chi connectivity index (χ3v) is 4.95. The second kappa shape index (κ2) is 8.24. The fourth-order valence-corrected chi connectivity index (χ4v) is 3.42. The zero-order valence-electron chi connectivity index (χ0n) is 17.0. The summed E-state index contributed by atoms with van der Waals surface area (Å²) in [4.78, 5) is 22.1. The molecule has 0 aliphatic heterocycles. The number of aryl methyl sites for hydroxylation is 1. The van der Waals surface area contributed by atoms with Gasteiger partial charge in [0.15, 0.2) is 0 Å². The second-order valence-electron chi connectivity index (χ2n) is 6.82. The Bertz CT molecular complexity index is 1200. The summed E-state index contributed by atoms with van der Waals surface area (Å²) in [5, 5.41) is 4.80. The molecule has 1 N–H and O–H groups in total. The Hall–Kier alpha value is -3.87. The summed E-state index contributed by atoms with van der Waals surface area (Å²) < 4.78 is 12.6. The first kappa shape index (κ1) is 19.4. The molecule has 0 radical (unpaired) electrons. The van der Waals surface area contributed by atoms with Crippen molar-refractivity contribution in [3.8, 4) is 11.6 Å². The maximum absolute atomic E-state index is 13.2. The van der Waals surface area contributed by atoms with Crippen LogP contribution in [-0.2, 0) is 7.05 Å². The van der Waals surface area contributed by atoms with Crippen molar-refractivity contribution < 1.29 is 14.3 Å². The molecular weight excluding hydrogens is 380 g/mol. The van der Waals surface area contributed by atoms with Crippen LogP contribution in [0, 0.1) is 0 Å². The minimum atomic E-state index is -0.480. The van der Waals surface area contributed by atoms with Crippen LogP contribution in [0.5, 0.6) is 11.6 Å².